The van der Waals surface area contributed by atoms with Crippen LogP contribution in [0.3, 0.4) is 0 Å². The second-order valence-electron chi connectivity index (χ2n) is 4.84. The van der Waals surface area contributed by atoms with Gasteiger partial charge >= 0.3 is 0 Å². The fraction of sp³-hybridized carbons (Fsp3) is 1.00. The lowest BCUT2D eigenvalue weighted by atomic mass is 10.1. The monoisotopic (exact) mass is 248 g/mol. The van der Waals surface area contributed by atoms with Gasteiger partial charge in [0.25, 0.3) is 0 Å². The highest BCUT2D eigenvalue weighted by molar-refractivity contribution is 7.91. The molecule has 0 amide bonds. The number of hydrogen-bond acceptors (Lipinski definition) is 4. The first-order chi connectivity index (χ1) is 7.43. The molecule has 1 atom stereocenters. The Morgan fingerprint density at radius 3 is 2.44 bits per heavy atom. The van der Waals surface area contributed by atoms with E-state index in [1.165, 1.54) is 0 Å². The standard InChI is InChI=1S/C11H24N2O2S/c1-4-16(14,15)9-10(2)12-11-5-7-13(3)8-6-11/h10-12H,4-9H2,1-3H3. The molecule has 16 heavy (non-hydrogen) atoms. The SMILES string of the molecule is CCS(=O)(=O)CC(C)NC1CCN(C)CC1. The molecule has 0 bridgehead atoms. The Morgan fingerprint density at radius 1 is 1.38 bits per heavy atom. The summed E-state index contributed by atoms with van der Waals surface area (Å²) in [6.07, 6.45) is 2.24. The van der Waals surface area contributed by atoms with E-state index in [0.29, 0.717) is 6.04 Å². The summed E-state index contributed by atoms with van der Waals surface area (Å²) in [6.45, 7) is 5.87. The van der Waals surface area contributed by atoms with E-state index in [-0.39, 0.29) is 17.5 Å². The van der Waals surface area contributed by atoms with Gasteiger partial charge in [-0.1, -0.05) is 6.92 Å². The zero-order valence-corrected chi connectivity index (χ0v) is 11.4. The fourth-order valence-corrected chi connectivity index (χ4v) is 3.22. The topological polar surface area (TPSA) is 49.4 Å². The number of rotatable bonds is 5. The van der Waals surface area contributed by atoms with Gasteiger partial charge < -0.3 is 10.2 Å². The number of nitrogens with one attached hydrogen (secondary N) is 1. The number of hydrogen-bond donors (Lipinski definition) is 1. The summed E-state index contributed by atoms with van der Waals surface area (Å²) >= 11 is 0. The molecule has 96 valence electrons. The van der Waals surface area contributed by atoms with Crippen LogP contribution in [0.1, 0.15) is 26.7 Å². The highest BCUT2D eigenvalue weighted by Gasteiger charge is 2.20. The maximum Gasteiger partial charge on any atom is 0.151 e. The van der Waals surface area contributed by atoms with Crippen LogP contribution in [-0.4, -0.2) is 57.0 Å². The van der Waals surface area contributed by atoms with Gasteiger partial charge in [-0.3, -0.25) is 0 Å². The van der Waals surface area contributed by atoms with Crippen molar-refractivity contribution in [2.75, 3.05) is 31.6 Å². The minimum atomic E-state index is -2.85. The zero-order chi connectivity index (χ0) is 12.2. The maximum absolute atomic E-state index is 11.5. The summed E-state index contributed by atoms with van der Waals surface area (Å²) in [5, 5.41) is 3.42. The van der Waals surface area contributed by atoms with Crippen LogP contribution in [0.4, 0.5) is 0 Å². The van der Waals surface area contributed by atoms with Gasteiger partial charge in [0.05, 0.1) is 5.75 Å². The van der Waals surface area contributed by atoms with Crippen LogP contribution < -0.4 is 5.32 Å². The molecular weight excluding hydrogens is 224 g/mol. The first kappa shape index (κ1) is 13.9. The summed E-state index contributed by atoms with van der Waals surface area (Å²) in [4.78, 5) is 2.31. The van der Waals surface area contributed by atoms with Gasteiger partial charge in [0.15, 0.2) is 9.84 Å². The number of sulfone groups is 1. The van der Waals surface area contributed by atoms with Crippen molar-refractivity contribution in [2.24, 2.45) is 0 Å². The van der Waals surface area contributed by atoms with E-state index in [1.807, 2.05) is 6.92 Å². The van der Waals surface area contributed by atoms with Crippen LogP contribution in [0.2, 0.25) is 0 Å². The lowest BCUT2D eigenvalue weighted by molar-refractivity contribution is 0.228. The Balaban J connectivity index is 2.32. The summed E-state index contributed by atoms with van der Waals surface area (Å²) in [6, 6.07) is 0.552. The van der Waals surface area contributed by atoms with E-state index in [0.717, 1.165) is 25.9 Å². The second kappa shape index (κ2) is 5.98. The van der Waals surface area contributed by atoms with Crippen molar-refractivity contribution in [3.05, 3.63) is 0 Å². The Labute approximate surface area is 99.3 Å². The smallest absolute Gasteiger partial charge is 0.151 e. The molecule has 1 rings (SSSR count). The van der Waals surface area contributed by atoms with Crippen LogP contribution in [-0.2, 0) is 9.84 Å². The first-order valence-corrected chi connectivity index (χ1v) is 7.90. The predicted molar refractivity (Wildman–Crippen MR) is 67.4 cm³/mol. The molecule has 0 aromatic heterocycles. The Morgan fingerprint density at radius 2 is 1.94 bits per heavy atom. The molecule has 0 aromatic carbocycles. The fourth-order valence-electron chi connectivity index (χ4n) is 2.12. The third kappa shape index (κ3) is 4.80. The highest BCUT2D eigenvalue weighted by Crippen LogP contribution is 2.09. The van der Waals surface area contributed by atoms with Gasteiger partial charge in [0.2, 0.25) is 0 Å². The van der Waals surface area contributed by atoms with Crippen molar-refractivity contribution >= 4 is 9.84 Å². The van der Waals surface area contributed by atoms with Crippen molar-refractivity contribution in [3.63, 3.8) is 0 Å². The molecule has 4 nitrogen and oxygen atoms in total. The normalized spacial score (nSPS) is 22.2. The minimum Gasteiger partial charge on any atom is -0.310 e. The average Bonchev–Trinajstić information content (AvgIpc) is 2.21. The predicted octanol–water partition coefficient (Wildman–Crippen LogP) is 0.493. The molecule has 1 saturated heterocycles. The second-order valence-corrected chi connectivity index (χ2v) is 7.24. The highest BCUT2D eigenvalue weighted by atomic mass is 32.2. The summed E-state index contributed by atoms with van der Waals surface area (Å²) < 4.78 is 22.9. The van der Waals surface area contributed by atoms with E-state index in [4.69, 9.17) is 0 Å². The Bertz CT molecular complexity index is 295. The molecule has 0 radical (unpaired) electrons. The lowest BCUT2D eigenvalue weighted by Gasteiger charge is -2.31. The van der Waals surface area contributed by atoms with E-state index in [1.54, 1.807) is 6.92 Å². The molecule has 1 fully saturated rings. The quantitative estimate of drug-likeness (QED) is 0.769. The van der Waals surface area contributed by atoms with Crippen molar-refractivity contribution < 1.29 is 8.42 Å². The van der Waals surface area contributed by atoms with Crippen molar-refractivity contribution in [1.29, 1.82) is 0 Å². The molecule has 0 spiro atoms. The maximum atomic E-state index is 11.5. The third-order valence-electron chi connectivity index (χ3n) is 3.18. The van der Waals surface area contributed by atoms with E-state index in [2.05, 4.69) is 17.3 Å². The lowest BCUT2D eigenvalue weighted by Crippen LogP contribution is -2.46. The summed E-state index contributed by atoms with van der Waals surface area (Å²) in [7, 11) is -0.727. The van der Waals surface area contributed by atoms with Gasteiger partial charge in [-0.25, -0.2) is 8.42 Å². The summed E-state index contributed by atoms with van der Waals surface area (Å²) in [5.41, 5.74) is 0. The minimum absolute atomic E-state index is 0.0679. The molecule has 1 heterocycles. The summed E-state index contributed by atoms with van der Waals surface area (Å²) in [5.74, 6) is 0.502. The molecule has 1 aliphatic rings. The van der Waals surface area contributed by atoms with Gasteiger partial charge in [-0.2, -0.15) is 0 Å². The van der Waals surface area contributed by atoms with Gasteiger partial charge in [-0.15, -0.1) is 0 Å². The number of piperidine rings is 1. The third-order valence-corrected chi connectivity index (χ3v) is 5.07. The zero-order valence-electron chi connectivity index (χ0n) is 10.6. The average molecular weight is 248 g/mol. The molecular formula is C11H24N2O2S. The van der Waals surface area contributed by atoms with Crippen molar-refractivity contribution in [1.82, 2.24) is 10.2 Å². The largest absolute Gasteiger partial charge is 0.310 e. The Hall–Kier alpha value is -0.130. The molecule has 1 aliphatic heterocycles. The van der Waals surface area contributed by atoms with Gasteiger partial charge in [-0.05, 0) is 39.9 Å². The van der Waals surface area contributed by atoms with Crippen LogP contribution >= 0.6 is 0 Å². The van der Waals surface area contributed by atoms with Crippen LogP contribution in [0, 0.1) is 0 Å². The van der Waals surface area contributed by atoms with Crippen LogP contribution in [0.15, 0.2) is 0 Å². The van der Waals surface area contributed by atoms with Crippen molar-refractivity contribution in [2.45, 2.75) is 38.8 Å². The van der Waals surface area contributed by atoms with E-state index in [9.17, 15) is 8.42 Å². The van der Waals surface area contributed by atoms with Crippen LogP contribution in [0.5, 0.6) is 0 Å². The molecule has 1 N–H and O–H groups in total. The molecule has 0 aliphatic carbocycles. The van der Waals surface area contributed by atoms with Crippen LogP contribution in [0.25, 0.3) is 0 Å². The van der Waals surface area contributed by atoms with Gasteiger partial charge in [0, 0.05) is 17.8 Å². The molecule has 5 heteroatoms. The van der Waals surface area contributed by atoms with Gasteiger partial charge in [0.1, 0.15) is 0 Å². The molecule has 0 saturated carbocycles. The number of likely N-dealkylation sites (tertiary alicyclic amines) is 1. The number of nitrogens with zero attached hydrogens (tertiary/aromatic N) is 1. The van der Waals surface area contributed by atoms with Crippen molar-refractivity contribution in [3.8, 4) is 0 Å². The first-order valence-electron chi connectivity index (χ1n) is 6.08. The Kier molecular flexibility index (Phi) is 5.21. The van der Waals surface area contributed by atoms with E-state index < -0.39 is 9.84 Å². The van der Waals surface area contributed by atoms with E-state index >= 15 is 0 Å². The molecule has 0 aromatic rings. The molecule has 1 unspecified atom stereocenters.